The molecule has 0 rings (SSSR count). The Bertz CT molecular complexity index is 68.9. The first-order valence-electron chi connectivity index (χ1n) is 1.80. The van der Waals surface area contributed by atoms with Gasteiger partial charge in [0, 0.05) is 0 Å². The minimum absolute atomic E-state index is 0.834. The molecule has 0 amide bonds. The largest absolute Gasteiger partial charge is 0.793 e. The molecular formula is CH4F4OSi2. The Labute approximate surface area is 46.8 Å². The third kappa shape index (κ3) is 6.11. The molecular weight excluding hydrogens is 160 g/mol. The van der Waals surface area contributed by atoms with Gasteiger partial charge in [-0.3, -0.25) is 4.11 Å². The third-order valence-electron chi connectivity index (χ3n) is 0.296. The molecule has 1 unspecified atom stereocenters. The molecule has 1 nitrogen and oxygen atoms in total. The van der Waals surface area contributed by atoms with Crippen molar-refractivity contribution in [3.63, 3.8) is 0 Å². The van der Waals surface area contributed by atoms with Gasteiger partial charge >= 0.3 is 18.7 Å². The first-order chi connectivity index (χ1) is 3.42. The van der Waals surface area contributed by atoms with Gasteiger partial charge in [0.1, 0.15) is 0 Å². The number of rotatable bonds is 2. The zero-order valence-corrected chi connectivity index (χ0v) is 6.15. The van der Waals surface area contributed by atoms with Gasteiger partial charge in [0.25, 0.3) is 0 Å². The van der Waals surface area contributed by atoms with Crippen LogP contribution in [0.4, 0.5) is 16.4 Å². The van der Waals surface area contributed by atoms with Gasteiger partial charge < -0.3 is 4.12 Å². The molecule has 1 atom stereocenters. The summed E-state index contributed by atoms with van der Waals surface area (Å²) in [6.45, 7) is 0.834. The summed E-state index contributed by atoms with van der Waals surface area (Å²) in [5, 5.41) is 0. The fraction of sp³-hybridized carbons (Fsp3) is 1.00. The van der Waals surface area contributed by atoms with Gasteiger partial charge in [0.15, 0.2) is 0 Å². The van der Waals surface area contributed by atoms with E-state index in [9.17, 15) is 16.4 Å². The van der Waals surface area contributed by atoms with E-state index >= 15 is 0 Å². The molecule has 0 spiro atoms. The van der Waals surface area contributed by atoms with Crippen molar-refractivity contribution in [3.8, 4) is 0 Å². The summed E-state index contributed by atoms with van der Waals surface area (Å²) in [6, 6.07) is 0. The lowest BCUT2D eigenvalue weighted by atomic mass is 11.9. The molecule has 0 N–H and O–H groups in total. The topological polar surface area (TPSA) is 9.23 Å². The maximum absolute atomic E-state index is 11.4. The molecule has 0 aliphatic heterocycles. The lowest BCUT2D eigenvalue weighted by molar-refractivity contribution is 0.285. The van der Waals surface area contributed by atoms with Crippen LogP contribution in [0.3, 0.4) is 0 Å². The van der Waals surface area contributed by atoms with Gasteiger partial charge in [0.05, 0.1) is 0 Å². The summed E-state index contributed by atoms with van der Waals surface area (Å²) >= 11 is 0. The monoisotopic (exact) mass is 164 g/mol. The van der Waals surface area contributed by atoms with E-state index in [-0.39, 0.29) is 0 Å². The smallest absolute Gasteiger partial charge is 0.360 e. The third-order valence-corrected chi connectivity index (χ3v) is 2.66. The highest BCUT2D eigenvalue weighted by Gasteiger charge is 2.43. The maximum Gasteiger partial charge on any atom is 0.793 e. The van der Waals surface area contributed by atoms with Gasteiger partial charge in [-0.25, -0.2) is 12.3 Å². The molecule has 0 aromatic rings. The predicted molar refractivity (Wildman–Crippen MR) is 24.3 cm³/mol. The minimum Gasteiger partial charge on any atom is -0.360 e. The van der Waals surface area contributed by atoms with E-state index < -0.39 is 18.7 Å². The Morgan fingerprint density at radius 3 is 1.75 bits per heavy atom. The molecule has 7 heteroatoms. The number of halogens is 4. The average Bonchev–Trinajstić information content (AvgIpc) is 1.21. The molecule has 0 fully saturated rings. The highest BCUT2D eigenvalue weighted by atomic mass is 28.5. The van der Waals surface area contributed by atoms with Crippen LogP contribution in [0.15, 0.2) is 0 Å². The molecule has 0 heterocycles. The Morgan fingerprint density at radius 1 is 1.38 bits per heavy atom. The second-order valence-corrected chi connectivity index (χ2v) is 4.03. The van der Waals surface area contributed by atoms with E-state index in [0.717, 1.165) is 6.55 Å². The maximum atomic E-state index is 11.4. The van der Waals surface area contributed by atoms with Crippen molar-refractivity contribution in [2.75, 3.05) is 0 Å². The second-order valence-electron chi connectivity index (χ2n) is 1.11. The fourth-order valence-corrected chi connectivity index (χ4v) is 1.66. The Kier molecular flexibility index (Phi) is 2.64. The first kappa shape index (κ1) is 8.11. The van der Waals surface area contributed by atoms with Crippen molar-refractivity contribution in [3.05, 3.63) is 0 Å². The van der Waals surface area contributed by atoms with Crippen molar-refractivity contribution >= 4 is 18.7 Å². The SMILES string of the molecule is C[SiH](F)O[Si](F)(F)F. The van der Waals surface area contributed by atoms with Crippen LogP contribution in [-0.2, 0) is 4.12 Å². The Morgan fingerprint density at radius 2 is 1.75 bits per heavy atom. The molecule has 0 aliphatic carbocycles. The average molecular weight is 164 g/mol. The van der Waals surface area contributed by atoms with Crippen molar-refractivity contribution in [1.29, 1.82) is 0 Å². The van der Waals surface area contributed by atoms with Gasteiger partial charge in [-0.2, -0.15) is 0 Å². The van der Waals surface area contributed by atoms with Gasteiger partial charge in [-0.1, -0.05) is 0 Å². The van der Waals surface area contributed by atoms with E-state index in [4.69, 9.17) is 0 Å². The molecule has 0 aromatic heterocycles. The highest BCUT2D eigenvalue weighted by Crippen LogP contribution is 2.11. The Hall–Kier alpha value is 0.114. The molecule has 0 saturated carbocycles. The van der Waals surface area contributed by atoms with E-state index in [1.54, 1.807) is 0 Å². The van der Waals surface area contributed by atoms with E-state index in [1.165, 1.54) is 0 Å². The molecule has 0 aliphatic rings. The van der Waals surface area contributed by atoms with Crippen LogP contribution in [0.1, 0.15) is 0 Å². The highest BCUT2D eigenvalue weighted by molar-refractivity contribution is 6.62. The molecule has 50 valence electrons. The standard InChI is InChI=1S/CH4F4OSi2/c1-7(2)6-8(3,4)5/h7H,1H3. The zero-order chi connectivity index (χ0) is 6.78. The summed E-state index contributed by atoms with van der Waals surface area (Å²) in [5.74, 6) is 0. The van der Waals surface area contributed by atoms with Crippen molar-refractivity contribution in [2.45, 2.75) is 6.55 Å². The zero-order valence-electron chi connectivity index (χ0n) is 4.00. The van der Waals surface area contributed by atoms with Gasteiger partial charge in [-0.15, -0.1) is 0 Å². The van der Waals surface area contributed by atoms with Crippen LogP contribution in [0.2, 0.25) is 6.55 Å². The summed E-state index contributed by atoms with van der Waals surface area (Å²) in [4.78, 5) is 0. The quantitative estimate of drug-likeness (QED) is 0.338. The minimum atomic E-state index is -6.03. The summed E-state index contributed by atoms with van der Waals surface area (Å²) < 4.78 is 47.5. The van der Waals surface area contributed by atoms with E-state index in [1.807, 2.05) is 0 Å². The lowest BCUT2D eigenvalue weighted by Gasteiger charge is -2.01. The van der Waals surface area contributed by atoms with Crippen molar-refractivity contribution in [2.24, 2.45) is 0 Å². The van der Waals surface area contributed by atoms with E-state index in [0.29, 0.717) is 0 Å². The van der Waals surface area contributed by atoms with Crippen LogP contribution in [-0.4, -0.2) is 18.7 Å². The fourth-order valence-electron chi connectivity index (χ4n) is 0.184. The van der Waals surface area contributed by atoms with Crippen LogP contribution in [0, 0.1) is 0 Å². The molecule has 8 heavy (non-hydrogen) atoms. The first-order valence-corrected chi connectivity index (χ1v) is 5.41. The van der Waals surface area contributed by atoms with E-state index in [2.05, 4.69) is 4.12 Å². The molecule has 0 bridgehead atoms. The predicted octanol–water partition coefficient (Wildman–Crippen LogP) is 1.17. The Balaban J connectivity index is 3.39. The summed E-state index contributed by atoms with van der Waals surface area (Å²) in [6.07, 6.45) is 0. The molecule has 0 saturated heterocycles. The molecule has 0 radical (unpaired) electrons. The van der Waals surface area contributed by atoms with Crippen molar-refractivity contribution < 1.29 is 20.5 Å². The van der Waals surface area contributed by atoms with Crippen LogP contribution < -0.4 is 0 Å². The lowest BCUT2D eigenvalue weighted by Crippen LogP contribution is -2.27. The molecule has 0 aromatic carbocycles. The number of hydrogen-bond acceptors (Lipinski definition) is 1. The van der Waals surface area contributed by atoms with Gasteiger partial charge in [-0.05, 0) is 6.55 Å². The van der Waals surface area contributed by atoms with Crippen LogP contribution in [0.25, 0.3) is 0 Å². The summed E-state index contributed by atoms with van der Waals surface area (Å²) in [7, 11) is -9.39. The van der Waals surface area contributed by atoms with Crippen molar-refractivity contribution in [1.82, 2.24) is 0 Å². The van der Waals surface area contributed by atoms with Gasteiger partial charge in [0.2, 0.25) is 0 Å². The summed E-state index contributed by atoms with van der Waals surface area (Å²) in [5.41, 5.74) is 0. The normalized spacial score (nSPS) is 16.1. The van der Waals surface area contributed by atoms with Crippen LogP contribution >= 0.6 is 0 Å². The number of hydrogen-bond donors (Lipinski definition) is 0. The van der Waals surface area contributed by atoms with Crippen LogP contribution in [0.5, 0.6) is 0 Å². The second kappa shape index (κ2) is 2.60.